The van der Waals surface area contributed by atoms with E-state index in [4.69, 9.17) is 11.0 Å². The van der Waals surface area contributed by atoms with Gasteiger partial charge in [0.15, 0.2) is 0 Å². The van der Waals surface area contributed by atoms with Crippen LogP contribution >= 0.6 is 0 Å². The molecule has 0 aromatic carbocycles. The van der Waals surface area contributed by atoms with Gasteiger partial charge in [-0.25, -0.2) is 4.98 Å². The van der Waals surface area contributed by atoms with Gasteiger partial charge in [-0.15, -0.1) is 0 Å². The quantitative estimate of drug-likeness (QED) is 0.597. The second-order valence-corrected chi connectivity index (χ2v) is 2.56. The predicted molar refractivity (Wildman–Crippen MR) is 50.5 cm³/mol. The molecule has 13 heavy (non-hydrogen) atoms. The first kappa shape index (κ1) is 9.09. The minimum atomic E-state index is 0.227. The van der Waals surface area contributed by atoms with Crippen molar-refractivity contribution in [1.29, 1.82) is 5.26 Å². The zero-order chi connectivity index (χ0) is 9.68. The number of pyridine rings is 1. The highest BCUT2D eigenvalue weighted by atomic mass is 14.7. The summed E-state index contributed by atoms with van der Waals surface area (Å²) < 4.78 is 0. The highest BCUT2D eigenvalue weighted by molar-refractivity contribution is 5.46. The number of hydrogen-bond acceptors (Lipinski definition) is 3. The maximum absolute atomic E-state index is 8.25. The van der Waals surface area contributed by atoms with Crippen LogP contribution in [-0.4, -0.2) is 4.98 Å². The maximum Gasteiger partial charge on any atom is 0.113 e. The molecule has 0 unspecified atom stereocenters. The Balaban J connectivity index is 2.89. The zero-order valence-corrected chi connectivity index (χ0v) is 7.33. The minimum absolute atomic E-state index is 0.227. The summed E-state index contributed by atoms with van der Waals surface area (Å²) in [6, 6.07) is 3.74. The van der Waals surface area contributed by atoms with Crippen LogP contribution in [0.3, 0.4) is 0 Å². The third-order valence-corrected chi connectivity index (χ3v) is 1.54. The van der Waals surface area contributed by atoms with E-state index in [2.05, 4.69) is 16.8 Å². The van der Waals surface area contributed by atoms with Gasteiger partial charge in [-0.3, -0.25) is 0 Å². The number of nitrogen functional groups attached to an aromatic ring is 1. The van der Waals surface area contributed by atoms with E-state index in [-0.39, 0.29) is 6.42 Å². The van der Waals surface area contributed by atoms with Gasteiger partial charge in [0.05, 0.1) is 24.4 Å². The predicted octanol–water partition coefficient (Wildman–Crippen LogP) is 1.24. The fourth-order valence-electron chi connectivity index (χ4n) is 0.809. The normalized spacial score (nSPS) is 8.31. The van der Waals surface area contributed by atoms with Gasteiger partial charge in [0, 0.05) is 0 Å². The van der Waals surface area contributed by atoms with Crippen LogP contribution in [0.1, 0.15) is 17.7 Å². The van der Waals surface area contributed by atoms with Gasteiger partial charge in [-0.1, -0.05) is 5.92 Å². The van der Waals surface area contributed by atoms with Crippen molar-refractivity contribution in [1.82, 2.24) is 4.98 Å². The smallest absolute Gasteiger partial charge is 0.113 e. The number of aromatic nitrogens is 1. The lowest BCUT2D eigenvalue weighted by Crippen LogP contribution is -1.92. The number of anilines is 1. The van der Waals surface area contributed by atoms with Gasteiger partial charge in [0.2, 0.25) is 0 Å². The average Bonchev–Trinajstić information content (AvgIpc) is 2.12. The second kappa shape index (κ2) is 4.13. The average molecular weight is 171 g/mol. The number of aryl methyl sites for hydroxylation is 1. The van der Waals surface area contributed by atoms with Crippen molar-refractivity contribution >= 4 is 5.69 Å². The Morgan fingerprint density at radius 2 is 2.38 bits per heavy atom. The molecule has 0 amide bonds. The van der Waals surface area contributed by atoms with E-state index in [1.807, 2.05) is 13.0 Å². The number of nitrogens with two attached hydrogens (primary N) is 1. The van der Waals surface area contributed by atoms with Gasteiger partial charge in [-0.2, -0.15) is 5.26 Å². The van der Waals surface area contributed by atoms with Crippen molar-refractivity contribution in [2.45, 2.75) is 13.3 Å². The van der Waals surface area contributed by atoms with Gasteiger partial charge in [-0.05, 0) is 24.5 Å². The fraction of sp³-hybridized carbons (Fsp3) is 0.200. The van der Waals surface area contributed by atoms with Crippen LogP contribution in [0.2, 0.25) is 0 Å². The number of rotatable bonds is 0. The Kier molecular flexibility index (Phi) is 2.89. The van der Waals surface area contributed by atoms with Crippen LogP contribution < -0.4 is 5.73 Å². The van der Waals surface area contributed by atoms with E-state index in [9.17, 15) is 0 Å². The van der Waals surface area contributed by atoms with Crippen molar-refractivity contribution in [3.8, 4) is 17.9 Å². The second-order valence-electron chi connectivity index (χ2n) is 2.56. The highest BCUT2D eigenvalue weighted by Crippen LogP contribution is 2.08. The Hall–Kier alpha value is -2.00. The summed E-state index contributed by atoms with van der Waals surface area (Å²) in [4.78, 5) is 4.00. The highest BCUT2D eigenvalue weighted by Gasteiger charge is 1.93. The van der Waals surface area contributed by atoms with E-state index >= 15 is 0 Å². The Morgan fingerprint density at radius 3 is 3.00 bits per heavy atom. The first-order valence-electron chi connectivity index (χ1n) is 3.82. The standard InChI is InChI=1S/C10H9N3/c1-8-6-9(4-2-3-5-11)13-7-10(8)12/h6-7H,3,12H2,1H3. The van der Waals surface area contributed by atoms with Crippen LogP contribution in [0.5, 0.6) is 0 Å². The lowest BCUT2D eigenvalue weighted by atomic mass is 10.2. The summed E-state index contributed by atoms with van der Waals surface area (Å²) in [6.07, 6.45) is 1.80. The Bertz CT molecular complexity index is 404. The van der Waals surface area contributed by atoms with Crippen LogP contribution in [0, 0.1) is 30.1 Å². The molecule has 1 heterocycles. The van der Waals surface area contributed by atoms with Gasteiger partial charge < -0.3 is 5.73 Å². The number of hydrogen-bond donors (Lipinski definition) is 1. The van der Waals surface area contributed by atoms with Gasteiger partial charge in [0.1, 0.15) is 5.69 Å². The molecule has 0 radical (unpaired) electrons. The van der Waals surface area contributed by atoms with Gasteiger partial charge in [0.25, 0.3) is 0 Å². The summed E-state index contributed by atoms with van der Waals surface area (Å²) >= 11 is 0. The summed E-state index contributed by atoms with van der Waals surface area (Å²) in [6.45, 7) is 1.90. The monoisotopic (exact) mass is 171 g/mol. The molecule has 3 heteroatoms. The Morgan fingerprint density at radius 1 is 1.62 bits per heavy atom. The van der Waals surface area contributed by atoms with Crippen molar-refractivity contribution in [3.63, 3.8) is 0 Å². The van der Waals surface area contributed by atoms with E-state index in [0.29, 0.717) is 11.4 Å². The lowest BCUT2D eigenvalue weighted by molar-refractivity contribution is 1.25. The molecule has 1 aromatic heterocycles. The molecule has 2 N–H and O–H groups in total. The first-order chi connectivity index (χ1) is 6.24. The molecular weight excluding hydrogens is 162 g/mol. The summed E-state index contributed by atoms with van der Waals surface area (Å²) in [5, 5.41) is 8.25. The molecule has 0 aliphatic heterocycles. The van der Waals surface area contributed by atoms with Crippen LogP contribution in [0.4, 0.5) is 5.69 Å². The van der Waals surface area contributed by atoms with Gasteiger partial charge >= 0.3 is 0 Å². The number of nitriles is 1. The lowest BCUT2D eigenvalue weighted by Gasteiger charge is -1.97. The van der Waals surface area contributed by atoms with Crippen LogP contribution in [-0.2, 0) is 0 Å². The summed E-state index contributed by atoms with van der Waals surface area (Å²) in [7, 11) is 0. The number of nitrogens with zero attached hydrogens (tertiary/aromatic N) is 2. The first-order valence-corrected chi connectivity index (χ1v) is 3.82. The molecule has 1 rings (SSSR count). The molecule has 0 spiro atoms. The van der Waals surface area contributed by atoms with E-state index in [1.54, 1.807) is 12.3 Å². The van der Waals surface area contributed by atoms with Crippen molar-refractivity contribution in [2.24, 2.45) is 0 Å². The van der Waals surface area contributed by atoms with Crippen LogP contribution in [0.15, 0.2) is 12.3 Å². The third kappa shape index (κ3) is 2.50. The summed E-state index contributed by atoms with van der Waals surface area (Å²) in [5.41, 5.74) is 7.85. The molecule has 0 fully saturated rings. The van der Waals surface area contributed by atoms with E-state index in [0.717, 1.165) is 5.56 Å². The van der Waals surface area contributed by atoms with E-state index in [1.165, 1.54) is 0 Å². The third-order valence-electron chi connectivity index (χ3n) is 1.54. The molecule has 0 bridgehead atoms. The largest absolute Gasteiger partial charge is 0.397 e. The molecule has 0 aliphatic carbocycles. The molecule has 0 saturated carbocycles. The van der Waals surface area contributed by atoms with E-state index < -0.39 is 0 Å². The Labute approximate surface area is 77.2 Å². The molecule has 3 nitrogen and oxygen atoms in total. The summed E-state index contributed by atoms with van der Waals surface area (Å²) in [5.74, 6) is 5.46. The molecular formula is C10H9N3. The molecule has 0 aliphatic rings. The zero-order valence-electron chi connectivity index (χ0n) is 7.33. The topological polar surface area (TPSA) is 62.7 Å². The SMILES string of the molecule is Cc1cc(C#CCC#N)ncc1N. The van der Waals surface area contributed by atoms with Crippen molar-refractivity contribution in [3.05, 3.63) is 23.5 Å². The van der Waals surface area contributed by atoms with Crippen molar-refractivity contribution in [2.75, 3.05) is 5.73 Å². The molecule has 64 valence electrons. The van der Waals surface area contributed by atoms with Crippen LogP contribution in [0.25, 0.3) is 0 Å². The minimum Gasteiger partial charge on any atom is -0.397 e. The maximum atomic E-state index is 8.25. The fourth-order valence-corrected chi connectivity index (χ4v) is 0.809. The molecule has 0 atom stereocenters. The van der Waals surface area contributed by atoms with Crippen molar-refractivity contribution < 1.29 is 0 Å². The molecule has 0 saturated heterocycles. The molecule has 1 aromatic rings.